The maximum atomic E-state index is 12.2. The Bertz CT molecular complexity index is 398. The van der Waals surface area contributed by atoms with Crippen molar-refractivity contribution < 1.29 is 9.90 Å². The largest absolute Gasteiger partial charge is 0.392 e. The molecule has 2 nitrogen and oxygen atoms in total. The highest BCUT2D eigenvalue weighted by atomic mass is 32.2. The molecule has 0 heterocycles. The van der Waals surface area contributed by atoms with Crippen LogP contribution in [-0.2, 0) is 4.79 Å². The van der Waals surface area contributed by atoms with E-state index >= 15 is 0 Å². The lowest BCUT2D eigenvalue weighted by molar-refractivity contribution is -0.118. The molecule has 0 bridgehead atoms. The predicted octanol–water partition coefficient (Wildman–Crippen LogP) is 3.88. The molecule has 0 aromatic heterocycles. The number of hydrogen-bond donors (Lipinski definition) is 1. The number of aliphatic hydroxyl groups excluding tert-OH is 1. The quantitative estimate of drug-likeness (QED) is 0.849. The van der Waals surface area contributed by atoms with Crippen LogP contribution in [0, 0.1) is 11.8 Å². The molecule has 0 aliphatic heterocycles. The highest BCUT2D eigenvalue weighted by molar-refractivity contribution is 8.13. The maximum Gasteiger partial charge on any atom is 0.199 e. The monoisotopic (exact) mass is 278 g/mol. The molecule has 1 aromatic rings. The molecule has 0 radical (unpaired) electrons. The predicted molar refractivity (Wildman–Crippen MR) is 79.1 cm³/mol. The van der Waals surface area contributed by atoms with E-state index in [0.717, 1.165) is 17.7 Å². The molecule has 1 saturated carbocycles. The highest BCUT2D eigenvalue weighted by Gasteiger charge is 2.30. The average Bonchev–Trinajstić information content (AvgIpc) is 2.47. The third kappa shape index (κ3) is 4.08. The van der Waals surface area contributed by atoms with Crippen molar-refractivity contribution in [1.82, 2.24) is 0 Å². The Morgan fingerprint density at radius 2 is 1.84 bits per heavy atom. The molecule has 0 unspecified atom stereocenters. The Hall–Kier alpha value is -0.800. The van der Waals surface area contributed by atoms with Crippen molar-refractivity contribution in [3.63, 3.8) is 0 Å². The van der Waals surface area contributed by atoms with Gasteiger partial charge < -0.3 is 5.11 Å². The van der Waals surface area contributed by atoms with Gasteiger partial charge in [0.15, 0.2) is 5.12 Å². The van der Waals surface area contributed by atoms with Crippen LogP contribution in [0.4, 0.5) is 0 Å². The molecule has 2 atom stereocenters. The summed E-state index contributed by atoms with van der Waals surface area (Å²) in [6.45, 7) is 1.86. The van der Waals surface area contributed by atoms with E-state index in [-0.39, 0.29) is 11.0 Å². The zero-order valence-electron chi connectivity index (χ0n) is 11.4. The number of carbonyl (C=O) groups excluding carboxylic acids is 1. The van der Waals surface area contributed by atoms with Gasteiger partial charge >= 0.3 is 0 Å². The first-order valence-corrected chi connectivity index (χ1v) is 7.95. The average molecular weight is 278 g/mol. The lowest BCUT2D eigenvalue weighted by atomic mass is 9.81. The Kier molecular flexibility index (Phi) is 5.46. The van der Waals surface area contributed by atoms with Crippen molar-refractivity contribution in [3.05, 3.63) is 30.3 Å². The van der Waals surface area contributed by atoms with Crippen LogP contribution in [0.2, 0.25) is 0 Å². The van der Waals surface area contributed by atoms with E-state index in [1.807, 2.05) is 37.3 Å². The smallest absolute Gasteiger partial charge is 0.199 e. The summed E-state index contributed by atoms with van der Waals surface area (Å²) in [6.07, 6.45) is 5.29. The minimum absolute atomic E-state index is 0.0734. The molecule has 1 aliphatic carbocycles. The number of aliphatic hydroxyl groups is 1. The summed E-state index contributed by atoms with van der Waals surface area (Å²) in [5, 5.41) is 10.4. The molecule has 1 N–H and O–H groups in total. The van der Waals surface area contributed by atoms with Gasteiger partial charge in [-0.15, -0.1) is 0 Å². The van der Waals surface area contributed by atoms with Gasteiger partial charge in [-0.05, 0) is 30.9 Å². The third-order valence-corrected chi connectivity index (χ3v) is 5.06. The van der Waals surface area contributed by atoms with Gasteiger partial charge in [-0.2, -0.15) is 0 Å². The van der Waals surface area contributed by atoms with E-state index in [9.17, 15) is 9.90 Å². The van der Waals surface area contributed by atoms with Crippen LogP contribution in [-0.4, -0.2) is 16.3 Å². The summed E-state index contributed by atoms with van der Waals surface area (Å²) in [4.78, 5) is 13.2. The van der Waals surface area contributed by atoms with E-state index in [0.29, 0.717) is 5.92 Å². The lowest BCUT2D eigenvalue weighted by Crippen LogP contribution is -2.32. The number of carbonyl (C=O) groups is 1. The minimum Gasteiger partial charge on any atom is -0.392 e. The molecule has 0 spiro atoms. The van der Waals surface area contributed by atoms with Crippen molar-refractivity contribution in [2.24, 2.45) is 11.8 Å². The second-order valence-electron chi connectivity index (χ2n) is 5.41. The summed E-state index contributed by atoms with van der Waals surface area (Å²) in [7, 11) is 0. The third-order valence-electron chi connectivity index (χ3n) is 3.98. The van der Waals surface area contributed by atoms with E-state index < -0.39 is 6.10 Å². The van der Waals surface area contributed by atoms with Crippen LogP contribution in [0.5, 0.6) is 0 Å². The van der Waals surface area contributed by atoms with Gasteiger partial charge in [0.05, 0.1) is 12.0 Å². The topological polar surface area (TPSA) is 37.3 Å². The minimum atomic E-state index is -0.482. The van der Waals surface area contributed by atoms with Gasteiger partial charge in [-0.25, -0.2) is 0 Å². The molecule has 19 heavy (non-hydrogen) atoms. The van der Waals surface area contributed by atoms with Crippen molar-refractivity contribution >= 4 is 16.9 Å². The van der Waals surface area contributed by atoms with Crippen LogP contribution in [0.15, 0.2) is 35.2 Å². The Labute approximate surface area is 119 Å². The first-order valence-electron chi connectivity index (χ1n) is 7.13. The molecule has 0 saturated heterocycles. The fourth-order valence-corrected chi connectivity index (χ4v) is 3.57. The molecule has 2 rings (SSSR count). The molecule has 3 heteroatoms. The SMILES string of the molecule is C[C@H](C(=O)Sc1ccccc1)[C@H](O)C1CCCCC1. The lowest BCUT2D eigenvalue weighted by Gasteiger charge is -2.29. The van der Waals surface area contributed by atoms with Crippen molar-refractivity contribution in [2.45, 2.75) is 50.0 Å². The van der Waals surface area contributed by atoms with Gasteiger partial charge in [-0.3, -0.25) is 4.79 Å². The van der Waals surface area contributed by atoms with Crippen LogP contribution in [0.25, 0.3) is 0 Å². The number of thioether (sulfide) groups is 1. The molecular weight excluding hydrogens is 256 g/mol. The van der Waals surface area contributed by atoms with Gasteiger partial charge in [0.2, 0.25) is 0 Å². The van der Waals surface area contributed by atoms with Crippen molar-refractivity contribution in [2.75, 3.05) is 0 Å². The summed E-state index contributed by atoms with van der Waals surface area (Å²) in [5.41, 5.74) is 0. The molecule has 1 aromatic carbocycles. The number of benzene rings is 1. The van der Waals surface area contributed by atoms with Crippen LogP contribution in [0.1, 0.15) is 39.0 Å². The molecule has 1 aliphatic rings. The molecule has 104 valence electrons. The highest BCUT2D eigenvalue weighted by Crippen LogP contribution is 2.32. The summed E-state index contributed by atoms with van der Waals surface area (Å²) < 4.78 is 0. The summed E-state index contributed by atoms with van der Waals surface area (Å²) in [5.74, 6) is 0.0254. The Balaban J connectivity index is 1.90. The van der Waals surface area contributed by atoms with Gasteiger partial charge in [0.1, 0.15) is 0 Å². The zero-order chi connectivity index (χ0) is 13.7. The van der Waals surface area contributed by atoms with E-state index in [4.69, 9.17) is 0 Å². The first-order chi connectivity index (χ1) is 9.18. The van der Waals surface area contributed by atoms with Gasteiger partial charge in [0, 0.05) is 4.90 Å². The van der Waals surface area contributed by atoms with Crippen molar-refractivity contribution in [1.29, 1.82) is 0 Å². The Morgan fingerprint density at radius 1 is 1.21 bits per heavy atom. The fraction of sp³-hybridized carbons (Fsp3) is 0.562. The van der Waals surface area contributed by atoms with Crippen LogP contribution in [0.3, 0.4) is 0 Å². The fourth-order valence-electron chi connectivity index (χ4n) is 2.72. The number of hydrogen-bond acceptors (Lipinski definition) is 3. The second kappa shape index (κ2) is 7.11. The van der Waals surface area contributed by atoms with Gasteiger partial charge in [0.25, 0.3) is 0 Å². The normalized spacial score (nSPS) is 19.9. The molecule has 0 amide bonds. The molecule has 1 fully saturated rings. The van der Waals surface area contributed by atoms with Crippen LogP contribution >= 0.6 is 11.8 Å². The van der Waals surface area contributed by atoms with Crippen LogP contribution < -0.4 is 0 Å². The summed E-state index contributed by atoms with van der Waals surface area (Å²) in [6, 6.07) is 9.66. The number of rotatable bonds is 4. The van der Waals surface area contributed by atoms with Gasteiger partial charge in [-0.1, -0.05) is 56.1 Å². The second-order valence-corrected chi connectivity index (χ2v) is 6.49. The maximum absolute atomic E-state index is 12.2. The first kappa shape index (κ1) is 14.6. The molecular formula is C16H22O2S. The van der Waals surface area contributed by atoms with E-state index in [1.165, 1.54) is 31.0 Å². The standard InChI is InChI=1S/C16H22O2S/c1-12(15(17)13-8-4-2-5-9-13)16(18)19-14-10-6-3-7-11-14/h3,6-7,10-13,15,17H,2,4-5,8-9H2,1H3/t12-,15-/m0/s1. The Morgan fingerprint density at radius 3 is 2.47 bits per heavy atom. The van der Waals surface area contributed by atoms with E-state index in [2.05, 4.69) is 0 Å². The van der Waals surface area contributed by atoms with E-state index in [1.54, 1.807) is 0 Å². The summed E-state index contributed by atoms with van der Waals surface area (Å²) >= 11 is 1.25. The van der Waals surface area contributed by atoms with Crippen molar-refractivity contribution in [3.8, 4) is 0 Å². The zero-order valence-corrected chi connectivity index (χ0v) is 12.2.